The van der Waals surface area contributed by atoms with Gasteiger partial charge < -0.3 is 19.7 Å². The number of urea groups is 1. The van der Waals surface area contributed by atoms with E-state index in [2.05, 4.69) is 10.0 Å². The van der Waals surface area contributed by atoms with Gasteiger partial charge in [0.1, 0.15) is 0 Å². The second-order valence-electron chi connectivity index (χ2n) is 6.79. The van der Waals surface area contributed by atoms with Gasteiger partial charge in [0.05, 0.1) is 12.4 Å². The maximum Gasteiger partial charge on any atom is 0.321 e. The van der Waals surface area contributed by atoms with Crippen LogP contribution in [0.2, 0.25) is 0 Å². The molecule has 8 nitrogen and oxygen atoms in total. The highest BCUT2D eigenvalue weighted by molar-refractivity contribution is 7.90. The fourth-order valence-corrected chi connectivity index (χ4v) is 4.41. The normalized spacial score (nSPS) is 16.8. The number of halogens is 1. The number of likely N-dealkylation sites (tertiary alicyclic amines) is 1. The van der Waals surface area contributed by atoms with Gasteiger partial charge in [0.2, 0.25) is 10.0 Å². The van der Waals surface area contributed by atoms with E-state index < -0.39 is 27.1 Å². The van der Waals surface area contributed by atoms with Crippen LogP contribution in [0.5, 0.6) is 17.2 Å². The highest BCUT2D eigenvalue weighted by Crippen LogP contribution is 2.33. The van der Waals surface area contributed by atoms with Crippen molar-refractivity contribution < 1.29 is 27.1 Å². The molecule has 0 aliphatic carbocycles. The first-order valence-electron chi connectivity index (χ1n) is 9.42. The summed E-state index contributed by atoms with van der Waals surface area (Å²) in [6, 6.07) is 10.4. The molecule has 1 aliphatic rings. The second kappa shape index (κ2) is 9.31. The molecule has 1 unspecified atom stereocenters. The maximum absolute atomic E-state index is 14.5. The minimum atomic E-state index is -3.47. The van der Waals surface area contributed by atoms with Gasteiger partial charge in [-0.3, -0.25) is 0 Å². The quantitative estimate of drug-likeness (QED) is 0.724. The molecule has 2 aromatic rings. The molecule has 2 N–H and O–H groups in total. The van der Waals surface area contributed by atoms with Crippen molar-refractivity contribution in [3.63, 3.8) is 0 Å². The topological polar surface area (TPSA) is 97.0 Å². The van der Waals surface area contributed by atoms with Crippen molar-refractivity contribution in [2.45, 2.75) is 18.1 Å². The number of para-hydroxylation sites is 2. The number of carbonyl (C=O) groups is 1. The largest absolute Gasteiger partial charge is 0.493 e. The Bertz CT molecular complexity index is 1020. The Balaban J connectivity index is 1.67. The molecule has 3 rings (SSSR count). The van der Waals surface area contributed by atoms with Gasteiger partial charge >= 0.3 is 6.03 Å². The molecule has 1 saturated heterocycles. The van der Waals surface area contributed by atoms with Gasteiger partial charge in [-0.25, -0.2) is 22.3 Å². The molecular formula is C20H24FN3O5S. The van der Waals surface area contributed by atoms with Gasteiger partial charge in [-0.15, -0.1) is 0 Å². The average molecular weight is 437 g/mol. The number of methoxy groups -OCH3 is 1. The van der Waals surface area contributed by atoms with E-state index in [0.29, 0.717) is 30.9 Å². The molecule has 2 aromatic carbocycles. The molecule has 1 heterocycles. The number of piperidine rings is 1. The van der Waals surface area contributed by atoms with Crippen molar-refractivity contribution in [3.8, 4) is 17.2 Å². The maximum atomic E-state index is 14.5. The van der Waals surface area contributed by atoms with E-state index in [4.69, 9.17) is 9.47 Å². The van der Waals surface area contributed by atoms with E-state index in [1.165, 1.54) is 31.2 Å². The van der Waals surface area contributed by atoms with E-state index >= 15 is 0 Å². The van der Waals surface area contributed by atoms with E-state index in [-0.39, 0.29) is 18.0 Å². The van der Waals surface area contributed by atoms with Crippen LogP contribution in [0.15, 0.2) is 42.5 Å². The Morgan fingerprint density at radius 3 is 2.57 bits per heavy atom. The number of nitrogens with zero attached hydrogens (tertiary/aromatic N) is 1. The van der Waals surface area contributed by atoms with Crippen molar-refractivity contribution in [3.05, 3.63) is 48.3 Å². The fraction of sp³-hybridized carbons (Fsp3) is 0.350. The zero-order valence-electron chi connectivity index (χ0n) is 16.7. The van der Waals surface area contributed by atoms with Crippen LogP contribution in [0, 0.1) is 5.82 Å². The Hall–Kier alpha value is -2.85. The molecule has 10 heteroatoms. The summed E-state index contributed by atoms with van der Waals surface area (Å²) >= 11 is 0. The zero-order chi connectivity index (χ0) is 21.7. The number of sulfonamides is 1. The lowest BCUT2D eigenvalue weighted by Crippen LogP contribution is -2.49. The van der Waals surface area contributed by atoms with Gasteiger partial charge in [0.25, 0.3) is 0 Å². The summed E-state index contributed by atoms with van der Waals surface area (Å²) in [7, 11) is -0.624. The van der Waals surface area contributed by atoms with E-state index in [9.17, 15) is 17.6 Å². The number of anilines is 1. The Kier molecular flexibility index (Phi) is 6.78. The molecule has 0 aromatic heterocycles. The first-order chi connectivity index (χ1) is 14.3. The number of carbonyl (C=O) groups excluding carboxylic acids is 1. The summed E-state index contributed by atoms with van der Waals surface area (Å²) in [5, 5.41) is 1.94. The Morgan fingerprint density at radius 2 is 1.90 bits per heavy atom. The first-order valence-corrected chi connectivity index (χ1v) is 11.0. The lowest BCUT2D eigenvalue weighted by molar-refractivity contribution is 0.200. The minimum absolute atomic E-state index is 0.0179. The SMILES string of the molecule is CNS(=O)(=O)C1CCCN(C(=O)Nc2ccc(Oc3ccccc3OC)c(F)c2)C1. The van der Waals surface area contributed by atoms with Gasteiger partial charge in [-0.2, -0.15) is 0 Å². The number of rotatable bonds is 6. The van der Waals surface area contributed by atoms with Crippen molar-refractivity contribution in [1.82, 2.24) is 9.62 Å². The second-order valence-corrected chi connectivity index (χ2v) is 8.95. The van der Waals surface area contributed by atoms with Crippen molar-refractivity contribution in [2.75, 3.05) is 32.6 Å². The smallest absolute Gasteiger partial charge is 0.321 e. The number of amides is 2. The number of ether oxygens (including phenoxy) is 2. The van der Waals surface area contributed by atoms with E-state index in [0.717, 1.165) is 6.07 Å². The average Bonchev–Trinajstić information content (AvgIpc) is 2.76. The molecule has 30 heavy (non-hydrogen) atoms. The molecule has 0 spiro atoms. The molecule has 1 fully saturated rings. The van der Waals surface area contributed by atoms with Gasteiger partial charge in [-0.05, 0) is 44.2 Å². The van der Waals surface area contributed by atoms with E-state index in [1.807, 2.05) is 0 Å². The highest BCUT2D eigenvalue weighted by Gasteiger charge is 2.31. The number of hydrogen-bond acceptors (Lipinski definition) is 5. The number of nitrogens with one attached hydrogen (secondary N) is 2. The summed E-state index contributed by atoms with van der Waals surface area (Å²) in [6.45, 7) is 0.505. The van der Waals surface area contributed by atoms with Crippen molar-refractivity contribution >= 4 is 21.7 Å². The number of hydrogen-bond donors (Lipinski definition) is 2. The van der Waals surface area contributed by atoms with Crippen molar-refractivity contribution in [2.24, 2.45) is 0 Å². The lowest BCUT2D eigenvalue weighted by atomic mass is 10.1. The third-order valence-corrected chi connectivity index (χ3v) is 6.69. The molecule has 2 amide bonds. The molecule has 1 atom stereocenters. The van der Waals surface area contributed by atoms with E-state index in [1.54, 1.807) is 24.3 Å². The summed E-state index contributed by atoms with van der Waals surface area (Å²) in [5.74, 6) is 0.148. The molecule has 162 valence electrons. The molecule has 0 saturated carbocycles. The molecular weight excluding hydrogens is 413 g/mol. The third-order valence-electron chi connectivity index (χ3n) is 4.86. The van der Waals surface area contributed by atoms with Crippen LogP contribution in [0.25, 0.3) is 0 Å². The fourth-order valence-electron chi connectivity index (χ4n) is 3.23. The van der Waals surface area contributed by atoms with Crippen molar-refractivity contribution in [1.29, 1.82) is 0 Å². The highest BCUT2D eigenvalue weighted by atomic mass is 32.2. The van der Waals surface area contributed by atoms with Gasteiger partial charge in [0, 0.05) is 24.8 Å². The zero-order valence-corrected chi connectivity index (χ0v) is 17.5. The summed E-state index contributed by atoms with van der Waals surface area (Å²) in [6.07, 6.45) is 1.05. The predicted octanol–water partition coefficient (Wildman–Crippen LogP) is 3.17. The van der Waals surface area contributed by atoms with Gasteiger partial charge in [0.15, 0.2) is 23.1 Å². The van der Waals surface area contributed by atoms with Crippen LogP contribution in [-0.4, -0.2) is 51.8 Å². The standard InChI is InChI=1S/C20H24FN3O5S/c1-22-30(26,27)15-6-5-11-24(13-15)20(25)23-14-9-10-17(16(21)12-14)29-19-8-4-3-7-18(19)28-2/h3-4,7-10,12,15,22H,5-6,11,13H2,1-2H3,(H,23,25). The molecule has 1 aliphatic heterocycles. The third kappa shape index (κ3) is 5.00. The van der Waals surface area contributed by atoms with Crippen LogP contribution in [-0.2, 0) is 10.0 Å². The van der Waals surface area contributed by atoms with Gasteiger partial charge in [-0.1, -0.05) is 12.1 Å². The predicted molar refractivity (Wildman–Crippen MR) is 111 cm³/mol. The monoisotopic (exact) mass is 437 g/mol. The summed E-state index contributed by atoms with van der Waals surface area (Å²) in [4.78, 5) is 13.9. The minimum Gasteiger partial charge on any atom is -0.493 e. The van der Waals surface area contributed by atoms with Crippen LogP contribution < -0.4 is 19.5 Å². The van der Waals surface area contributed by atoms with Crippen LogP contribution in [0.3, 0.4) is 0 Å². The van der Waals surface area contributed by atoms with Crippen LogP contribution in [0.4, 0.5) is 14.9 Å². The molecule has 0 bridgehead atoms. The molecule has 0 radical (unpaired) electrons. The summed E-state index contributed by atoms with van der Waals surface area (Å²) in [5.41, 5.74) is 0.239. The van der Waals surface area contributed by atoms with Crippen LogP contribution in [0.1, 0.15) is 12.8 Å². The lowest BCUT2D eigenvalue weighted by Gasteiger charge is -2.32. The Morgan fingerprint density at radius 1 is 1.17 bits per heavy atom. The Labute approximate surface area is 175 Å². The number of benzene rings is 2. The first kappa shape index (κ1) is 21.8. The summed E-state index contributed by atoms with van der Waals surface area (Å²) < 4.78 is 51.6. The van der Waals surface area contributed by atoms with Crippen LogP contribution >= 0.6 is 0 Å².